The van der Waals surface area contributed by atoms with Crippen LogP contribution in [0.2, 0.25) is 0 Å². The highest BCUT2D eigenvalue weighted by Gasteiger charge is 2.16. The van der Waals surface area contributed by atoms with Crippen molar-refractivity contribution in [2.75, 3.05) is 6.54 Å². The molecule has 0 saturated carbocycles. The Morgan fingerprint density at radius 3 is 2.78 bits per heavy atom. The van der Waals surface area contributed by atoms with Gasteiger partial charge in [-0.3, -0.25) is 4.68 Å². The Hall–Kier alpha value is -1.75. The van der Waals surface area contributed by atoms with Gasteiger partial charge in [-0.25, -0.2) is 4.39 Å². The number of hydrogen-bond donors (Lipinski definition) is 1. The van der Waals surface area contributed by atoms with Crippen molar-refractivity contribution < 1.29 is 4.39 Å². The predicted molar refractivity (Wildman–Crippen MR) is 67.5 cm³/mol. The van der Waals surface area contributed by atoms with E-state index in [4.69, 9.17) is 0 Å². The number of rotatable bonds is 5. The van der Waals surface area contributed by atoms with Crippen LogP contribution in [0, 0.1) is 5.82 Å². The van der Waals surface area contributed by atoms with E-state index in [1.165, 1.54) is 6.07 Å². The van der Waals surface area contributed by atoms with Crippen molar-refractivity contribution in [3.63, 3.8) is 0 Å². The number of aryl methyl sites for hydroxylation is 1. The highest BCUT2D eigenvalue weighted by molar-refractivity contribution is 5.22. The fourth-order valence-corrected chi connectivity index (χ4v) is 1.99. The Labute approximate surface area is 106 Å². The number of aromatic nitrogens is 3. The Balaban J connectivity index is 2.20. The van der Waals surface area contributed by atoms with Crippen molar-refractivity contribution in [1.29, 1.82) is 0 Å². The first-order chi connectivity index (χ1) is 8.70. The molecule has 5 heteroatoms. The lowest BCUT2D eigenvalue weighted by Gasteiger charge is -2.17. The molecule has 0 fully saturated rings. The van der Waals surface area contributed by atoms with E-state index in [0.29, 0.717) is 12.0 Å². The summed E-state index contributed by atoms with van der Waals surface area (Å²) in [5.41, 5.74) is 1.52. The molecule has 1 unspecified atom stereocenters. The molecule has 0 aliphatic rings. The van der Waals surface area contributed by atoms with Gasteiger partial charge in [0, 0.05) is 31.3 Å². The molecule has 1 atom stereocenters. The zero-order valence-corrected chi connectivity index (χ0v) is 10.6. The topological polar surface area (TPSA) is 42.7 Å². The van der Waals surface area contributed by atoms with E-state index in [2.05, 4.69) is 15.6 Å². The number of hydrogen-bond acceptors (Lipinski definition) is 3. The summed E-state index contributed by atoms with van der Waals surface area (Å²) in [7, 11) is 1.82. The molecule has 0 spiro atoms. The van der Waals surface area contributed by atoms with Gasteiger partial charge in [-0.15, -0.1) is 5.10 Å². The van der Waals surface area contributed by atoms with Crippen LogP contribution in [0.4, 0.5) is 4.39 Å². The third-order valence-corrected chi connectivity index (χ3v) is 2.79. The molecule has 1 aromatic carbocycles. The lowest BCUT2D eigenvalue weighted by Crippen LogP contribution is -2.24. The van der Waals surface area contributed by atoms with Gasteiger partial charge in [-0.2, -0.15) is 0 Å². The first-order valence-corrected chi connectivity index (χ1v) is 6.03. The molecule has 1 aromatic heterocycles. The zero-order valence-electron chi connectivity index (χ0n) is 10.6. The van der Waals surface area contributed by atoms with E-state index >= 15 is 0 Å². The Morgan fingerprint density at radius 1 is 1.39 bits per heavy atom. The Morgan fingerprint density at radius 2 is 2.17 bits per heavy atom. The van der Waals surface area contributed by atoms with Crippen LogP contribution < -0.4 is 5.32 Å². The average Bonchev–Trinajstić information content (AvgIpc) is 2.75. The molecule has 0 bridgehead atoms. The van der Waals surface area contributed by atoms with Crippen LogP contribution in [-0.2, 0) is 13.5 Å². The lowest BCUT2D eigenvalue weighted by molar-refractivity contribution is 0.506. The van der Waals surface area contributed by atoms with E-state index in [1.807, 2.05) is 26.2 Å². The summed E-state index contributed by atoms with van der Waals surface area (Å²) in [6.07, 6.45) is 2.48. The molecule has 0 amide bonds. The number of nitrogens with zero attached hydrogens (tertiary/aromatic N) is 3. The van der Waals surface area contributed by atoms with Gasteiger partial charge in [0.25, 0.3) is 0 Å². The molecule has 0 saturated heterocycles. The first kappa shape index (κ1) is 12.7. The van der Waals surface area contributed by atoms with Crippen LogP contribution in [0.25, 0.3) is 0 Å². The van der Waals surface area contributed by atoms with Crippen LogP contribution in [0.1, 0.15) is 24.2 Å². The van der Waals surface area contributed by atoms with Crippen LogP contribution in [-0.4, -0.2) is 21.5 Å². The third-order valence-electron chi connectivity index (χ3n) is 2.79. The highest BCUT2D eigenvalue weighted by atomic mass is 19.1. The Bertz CT molecular complexity index is 509. The van der Waals surface area contributed by atoms with Gasteiger partial charge in [0.1, 0.15) is 5.82 Å². The minimum absolute atomic E-state index is 0.0760. The number of likely N-dealkylation sites (N-methyl/N-ethyl adjacent to an activating group) is 1. The maximum absolute atomic E-state index is 13.8. The fourth-order valence-electron chi connectivity index (χ4n) is 1.99. The number of nitrogens with one attached hydrogen (secondary N) is 1. The van der Waals surface area contributed by atoms with Gasteiger partial charge in [-0.1, -0.05) is 30.3 Å². The summed E-state index contributed by atoms with van der Waals surface area (Å²) in [6, 6.07) is 6.76. The number of benzene rings is 1. The first-order valence-electron chi connectivity index (χ1n) is 6.03. The Kier molecular flexibility index (Phi) is 4.04. The second-order valence-corrected chi connectivity index (χ2v) is 4.22. The minimum atomic E-state index is -0.188. The van der Waals surface area contributed by atoms with Gasteiger partial charge in [0.2, 0.25) is 0 Å². The SMILES string of the molecule is CCNC(Cc1cn(C)nn1)c1ccccc1F. The van der Waals surface area contributed by atoms with Gasteiger partial charge >= 0.3 is 0 Å². The van der Waals surface area contributed by atoms with Crippen molar-refractivity contribution in [3.05, 3.63) is 47.5 Å². The monoisotopic (exact) mass is 248 g/mol. The molecule has 0 radical (unpaired) electrons. The summed E-state index contributed by atoms with van der Waals surface area (Å²) >= 11 is 0. The average molecular weight is 248 g/mol. The largest absolute Gasteiger partial charge is 0.310 e. The van der Waals surface area contributed by atoms with E-state index in [-0.39, 0.29) is 11.9 Å². The van der Waals surface area contributed by atoms with Crippen molar-refractivity contribution in [1.82, 2.24) is 20.3 Å². The highest BCUT2D eigenvalue weighted by Crippen LogP contribution is 2.20. The maximum Gasteiger partial charge on any atom is 0.127 e. The van der Waals surface area contributed by atoms with E-state index < -0.39 is 0 Å². The number of halogens is 1. The van der Waals surface area contributed by atoms with Crippen LogP contribution >= 0.6 is 0 Å². The van der Waals surface area contributed by atoms with E-state index in [0.717, 1.165) is 12.2 Å². The molecular weight excluding hydrogens is 231 g/mol. The van der Waals surface area contributed by atoms with E-state index in [1.54, 1.807) is 16.8 Å². The summed E-state index contributed by atoms with van der Waals surface area (Å²) in [4.78, 5) is 0. The van der Waals surface area contributed by atoms with Gasteiger partial charge in [-0.05, 0) is 12.6 Å². The molecular formula is C13H17FN4. The second kappa shape index (κ2) is 5.73. The zero-order chi connectivity index (χ0) is 13.0. The maximum atomic E-state index is 13.8. The second-order valence-electron chi connectivity index (χ2n) is 4.22. The predicted octanol–water partition coefficient (Wildman–Crippen LogP) is 1.85. The lowest BCUT2D eigenvalue weighted by atomic mass is 10.0. The summed E-state index contributed by atoms with van der Waals surface area (Å²) in [6.45, 7) is 2.78. The molecule has 96 valence electrons. The third kappa shape index (κ3) is 2.92. The van der Waals surface area contributed by atoms with Gasteiger partial charge in [0.05, 0.1) is 5.69 Å². The van der Waals surface area contributed by atoms with Crippen LogP contribution in [0.5, 0.6) is 0 Å². The van der Waals surface area contributed by atoms with Crippen LogP contribution in [0.15, 0.2) is 30.5 Å². The molecule has 1 heterocycles. The summed E-state index contributed by atoms with van der Waals surface area (Å²) in [5, 5.41) is 11.2. The minimum Gasteiger partial charge on any atom is -0.310 e. The standard InChI is InChI=1S/C13H17FN4/c1-3-15-13(8-10-9-18(2)17-16-10)11-6-4-5-7-12(11)14/h4-7,9,13,15H,3,8H2,1-2H3. The van der Waals surface area contributed by atoms with Gasteiger partial charge < -0.3 is 5.32 Å². The summed E-state index contributed by atoms with van der Waals surface area (Å²) in [5.74, 6) is -0.188. The van der Waals surface area contributed by atoms with Crippen molar-refractivity contribution in [2.45, 2.75) is 19.4 Å². The molecule has 2 rings (SSSR count). The van der Waals surface area contributed by atoms with Crippen molar-refractivity contribution >= 4 is 0 Å². The summed E-state index contributed by atoms with van der Waals surface area (Å²) < 4.78 is 15.4. The van der Waals surface area contributed by atoms with Crippen molar-refractivity contribution in [2.24, 2.45) is 7.05 Å². The normalized spacial score (nSPS) is 12.6. The van der Waals surface area contributed by atoms with E-state index in [9.17, 15) is 4.39 Å². The van der Waals surface area contributed by atoms with Crippen LogP contribution in [0.3, 0.4) is 0 Å². The van der Waals surface area contributed by atoms with Gasteiger partial charge in [0.15, 0.2) is 0 Å². The molecule has 4 nitrogen and oxygen atoms in total. The molecule has 0 aliphatic heterocycles. The van der Waals surface area contributed by atoms with Crippen molar-refractivity contribution in [3.8, 4) is 0 Å². The molecule has 18 heavy (non-hydrogen) atoms. The quantitative estimate of drug-likeness (QED) is 0.878. The molecule has 2 aromatic rings. The fraction of sp³-hybridized carbons (Fsp3) is 0.385. The smallest absolute Gasteiger partial charge is 0.127 e. The molecule has 1 N–H and O–H groups in total. The molecule has 0 aliphatic carbocycles.